The van der Waals surface area contributed by atoms with Crippen molar-refractivity contribution in [2.24, 2.45) is 0 Å². The van der Waals surface area contributed by atoms with Crippen LogP contribution in [0.3, 0.4) is 0 Å². The fraction of sp³-hybridized carbons (Fsp3) is 0.241. The van der Waals surface area contributed by atoms with E-state index in [1.807, 2.05) is 37.3 Å². The molecule has 0 unspecified atom stereocenters. The van der Waals surface area contributed by atoms with Gasteiger partial charge in [-0.15, -0.1) is 0 Å². The Morgan fingerprint density at radius 2 is 1.95 bits per heavy atom. The van der Waals surface area contributed by atoms with Gasteiger partial charge in [0.05, 0.1) is 6.54 Å². The van der Waals surface area contributed by atoms with E-state index in [2.05, 4.69) is 45.9 Å². The zero-order chi connectivity index (χ0) is 25.1. The molecule has 1 aliphatic carbocycles. The summed E-state index contributed by atoms with van der Waals surface area (Å²) in [4.78, 5) is 24.1. The summed E-state index contributed by atoms with van der Waals surface area (Å²) in [6.07, 6.45) is 4.19. The van der Waals surface area contributed by atoms with Crippen molar-refractivity contribution in [3.63, 3.8) is 0 Å². The summed E-state index contributed by atoms with van der Waals surface area (Å²) in [5.41, 5.74) is 9.21. The van der Waals surface area contributed by atoms with Gasteiger partial charge in [0.15, 0.2) is 11.5 Å². The van der Waals surface area contributed by atoms with E-state index in [0.717, 1.165) is 61.8 Å². The highest BCUT2D eigenvalue weighted by Crippen LogP contribution is 2.42. The van der Waals surface area contributed by atoms with Gasteiger partial charge in [-0.25, -0.2) is 14.8 Å². The van der Waals surface area contributed by atoms with Crippen LogP contribution in [0.1, 0.15) is 63.9 Å². The summed E-state index contributed by atoms with van der Waals surface area (Å²) in [6.45, 7) is 5.27. The molecule has 0 spiro atoms. The Morgan fingerprint density at radius 1 is 1.08 bits per heavy atom. The van der Waals surface area contributed by atoms with E-state index in [9.17, 15) is 4.79 Å². The van der Waals surface area contributed by atoms with E-state index in [-0.39, 0.29) is 0 Å². The lowest BCUT2D eigenvalue weighted by atomic mass is 9.92. The number of pyridine rings is 1. The minimum absolute atomic E-state index is 0.363. The number of nitrogens with one attached hydrogen (secondary N) is 1. The Morgan fingerprint density at radius 3 is 2.76 bits per heavy atom. The van der Waals surface area contributed by atoms with Crippen LogP contribution in [-0.2, 0) is 13.2 Å². The fourth-order valence-electron chi connectivity index (χ4n) is 5.25. The molecule has 37 heavy (non-hydrogen) atoms. The zero-order valence-electron chi connectivity index (χ0n) is 20.6. The normalized spacial score (nSPS) is 15.9. The maximum absolute atomic E-state index is 11.6. The third-order valence-corrected chi connectivity index (χ3v) is 7.09. The largest absolute Gasteiger partial charge is 0.488 e. The van der Waals surface area contributed by atoms with Crippen LogP contribution in [0.4, 0.5) is 0 Å². The van der Waals surface area contributed by atoms with Crippen LogP contribution in [0.25, 0.3) is 22.8 Å². The average Bonchev–Trinajstić information content (AvgIpc) is 3.58. The number of hydrogen-bond acceptors (Lipinski definition) is 6. The fourth-order valence-corrected chi connectivity index (χ4v) is 5.25. The highest BCUT2D eigenvalue weighted by molar-refractivity contribution is 5.93. The lowest BCUT2D eigenvalue weighted by Crippen LogP contribution is -2.07. The van der Waals surface area contributed by atoms with Crippen LogP contribution < -0.4 is 10.5 Å². The predicted molar refractivity (Wildman–Crippen MR) is 139 cm³/mol. The lowest BCUT2D eigenvalue weighted by molar-refractivity contribution is 0.307. The number of benzene rings is 2. The van der Waals surface area contributed by atoms with Crippen molar-refractivity contribution in [2.45, 2.75) is 45.8 Å². The van der Waals surface area contributed by atoms with Crippen LogP contribution in [-0.4, -0.2) is 24.7 Å². The molecular weight excluding hydrogens is 466 g/mol. The van der Waals surface area contributed by atoms with Crippen molar-refractivity contribution in [1.82, 2.24) is 24.7 Å². The maximum Gasteiger partial charge on any atom is 0.439 e. The number of aromatic amines is 1. The molecule has 0 radical (unpaired) electrons. The molecule has 0 bridgehead atoms. The molecule has 184 valence electrons. The van der Waals surface area contributed by atoms with Gasteiger partial charge in [-0.3, -0.25) is 9.51 Å². The summed E-state index contributed by atoms with van der Waals surface area (Å²) in [6, 6.07) is 16.5. The van der Waals surface area contributed by atoms with Crippen LogP contribution >= 0.6 is 0 Å². The summed E-state index contributed by atoms with van der Waals surface area (Å²) >= 11 is 0. The number of para-hydroxylation sites is 1. The topological polar surface area (TPSA) is 98.8 Å². The summed E-state index contributed by atoms with van der Waals surface area (Å²) in [5.74, 6) is 2.20. The highest BCUT2D eigenvalue weighted by Gasteiger charge is 2.30. The number of rotatable bonds is 4. The summed E-state index contributed by atoms with van der Waals surface area (Å²) in [5, 5.41) is 3.85. The molecule has 3 aromatic heterocycles. The first kappa shape index (κ1) is 21.8. The number of H-pyrrole nitrogens is 1. The molecule has 8 nitrogen and oxygen atoms in total. The Kier molecular flexibility index (Phi) is 4.89. The number of fused-ring (bicyclic) bond motifs is 3. The molecule has 1 fully saturated rings. The van der Waals surface area contributed by atoms with Gasteiger partial charge in [0.25, 0.3) is 0 Å². The molecule has 1 saturated carbocycles. The Balaban J connectivity index is 1.34. The third kappa shape index (κ3) is 3.85. The molecular formula is C29H25N5O3. The highest BCUT2D eigenvalue weighted by atomic mass is 16.5. The number of hydrogen-bond donors (Lipinski definition) is 1. The second kappa shape index (κ2) is 8.30. The molecule has 2 aliphatic rings. The Bertz CT molecular complexity index is 1770. The van der Waals surface area contributed by atoms with Crippen LogP contribution in [0.5, 0.6) is 5.75 Å². The van der Waals surface area contributed by atoms with Gasteiger partial charge in [-0.05, 0) is 78.8 Å². The van der Waals surface area contributed by atoms with Gasteiger partial charge in [0.2, 0.25) is 0 Å². The third-order valence-electron chi connectivity index (χ3n) is 7.09. The first-order chi connectivity index (χ1) is 18.0. The van der Waals surface area contributed by atoms with Gasteiger partial charge < -0.3 is 9.30 Å². The predicted octanol–water partition coefficient (Wildman–Crippen LogP) is 5.13. The second-order valence-corrected chi connectivity index (χ2v) is 9.90. The second-order valence-electron chi connectivity index (χ2n) is 9.90. The van der Waals surface area contributed by atoms with Gasteiger partial charge in [-0.2, -0.15) is 0 Å². The van der Waals surface area contributed by atoms with Gasteiger partial charge in [-0.1, -0.05) is 35.5 Å². The van der Waals surface area contributed by atoms with E-state index in [0.29, 0.717) is 24.9 Å². The number of imidazole rings is 1. The van der Waals surface area contributed by atoms with E-state index in [1.165, 1.54) is 12.8 Å². The molecule has 0 saturated heterocycles. The minimum Gasteiger partial charge on any atom is -0.488 e. The van der Waals surface area contributed by atoms with E-state index in [1.54, 1.807) is 0 Å². The Hall–Kier alpha value is -4.46. The van der Waals surface area contributed by atoms with Crippen LogP contribution in [0.2, 0.25) is 0 Å². The molecule has 1 aliphatic heterocycles. The maximum atomic E-state index is 11.6. The average molecular weight is 492 g/mol. The van der Waals surface area contributed by atoms with Crippen molar-refractivity contribution >= 4 is 22.8 Å². The van der Waals surface area contributed by atoms with E-state index < -0.39 is 5.76 Å². The van der Waals surface area contributed by atoms with E-state index in [4.69, 9.17) is 19.2 Å². The zero-order valence-corrected chi connectivity index (χ0v) is 20.6. The SMILES string of the molecule is Cc1cc(C)c2nc(C3CC3)n(Cc3ccc4c(c3)COc3ccccc3/C4=C\c3noc(=O)[nH]3)c2n1. The standard InChI is InChI=1S/C29H25N5O3/c1-16-11-17(2)30-28-26(16)32-27(19-8-9-19)34(28)14-18-7-10-21-20(12-18)15-36-24-6-4-3-5-22(24)23(21)13-25-31-29(35)37-33-25/h3-7,10-13,19H,8-9,14-15H2,1-2H3,(H,31,33,35)/b23-13-. The minimum atomic E-state index is -0.585. The molecule has 8 heteroatoms. The van der Waals surface area contributed by atoms with Crippen molar-refractivity contribution in [1.29, 1.82) is 0 Å². The first-order valence-corrected chi connectivity index (χ1v) is 12.5. The monoisotopic (exact) mass is 491 g/mol. The molecule has 5 aromatic rings. The lowest BCUT2D eigenvalue weighted by Gasteiger charge is -2.13. The molecule has 7 rings (SSSR count). The van der Waals surface area contributed by atoms with Crippen LogP contribution in [0.15, 0.2) is 57.8 Å². The van der Waals surface area contributed by atoms with Crippen molar-refractivity contribution < 1.29 is 9.26 Å². The van der Waals surface area contributed by atoms with Crippen LogP contribution in [0, 0.1) is 13.8 Å². The quantitative estimate of drug-likeness (QED) is 0.374. The first-order valence-electron chi connectivity index (χ1n) is 12.5. The molecule has 0 amide bonds. The van der Waals surface area contributed by atoms with Crippen molar-refractivity contribution in [3.8, 4) is 5.75 Å². The van der Waals surface area contributed by atoms with Gasteiger partial charge in [0.1, 0.15) is 23.7 Å². The number of ether oxygens (including phenoxy) is 1. The van der Waals surface area contributed by atoms with Crippen molar-refractivity contribution in [3.05, 3.63) is 104 Å². The molecule has 1 N–H and O–H groups in total. The Labute approximate surface area is 212 Å². The van der Waals surface area contributed by atoms with E-state index >= 15 is 0 Å². The summed E-state index contributed by atoms with van der Waals surface area (Å²) < 4.78 is 13.2. The van der Waals surface area contributed by atoms with Gasteiger partial charge >= 0.3 is 5.76 Å². The molecule has 4 heterocycles. The smallest absolute Gasteiger partial charge is 0.439 e. The number of aryl methyl sites for hydroxylation is 2. The molecule has 2 aromatic carbocycles. The summed E-state index contributed by atoms with van der Waals surface area (Å²) in [7, 11) is 0. The number of nitrogens with zero attached hydrogens (tertiary/aromatic N) is 4. The number of aromatic nitrogens is 5. The molecule has 0 atom stereocenters. The van der Waals surface area contributed by atoms with Crippen molar-refractivity contribution in [2.75, 3.05) is 0 Å². The van der Waals surface area contributed by atoms with Gasteiger partial charge in [0, 0.05) is 17.2 Å².